The Morgan fingerprint density at radius 3 is 3.10 bits per heavy atom. The largest absolute Gasteiger partial charge is 0.477 e. The molecule has 1 aromatic carbocycles. The van der Waals surface area contributed by atoms with Gasteiger partial charge in [-0.25, -0.2) is 4.98 Å². The van der Waals surface area contributed by atoms with Crippen LogP contribution in [0.4, 0.5) is 5.69 Å². The SMILES string of the molecule is Cc1nc(CN(C)C(=O)C2CNc3ccccc3O2)cs1. The number of anilines is 1. The molecule has 1 unspecified atom stereocenters. The number of fused-ring (bicyclic) bond motifs is 1. The number of hydrogen-bond donors (Lipinski definition) is 1. The van der Waals surface area contributed by atoms with Crippen molar-refractivity contribution in [1.29, 1.82) is 0 Å². The molecule has 1 aliphatic heterocycles. The third-order valence-electron chi connectivity index (χ3n) is 3.35. The fourth-order valence-corrected chi connectivity index (χ4v) is 2.90. The van der Waals surface area contributed by atoms with Gasteiger partial charge >= 0.3 is 0 Å². The van der Waals surface area contributed by atoms with Crippen LogP contribution in [-0.2, 0) is 11.3 Å². The van der Waals surface area contributed by atoms with Crippen LogP contribution < -0.4 is 10.1 Å². The highest BCUT2D eigenvalue weighted by Gasteiger charge is 2.28. The Morgan fingerprint density at radius 1 is 1.52 bits per heavy atom. The molecular formula is C15H17N3O2S. The van der Waals surface area contributed by atoms with Crippen LogP contribution in [0.25, 0.3) is 0 Å². The number of amides is 1. The van der Waals surface area contributed by atoms with Gasteiger partial charge in [-0.15, -0.1) is 11.3 Å². The monoisotopic (exact) mass is 303 g/mol. The first-order valence-corrected chi connectivity index (χ1v) is 7.67. The van der Waals surface area contributed by atoms with E-state index in [0.29, 0.717) is 13.1 Å². The molecule has 1 N–H and O–H groups in total. The van der Waals surface area contributed by atoms with Crippen LogP contribution in [0.5, 0.6) is 5.75 Å². The normalized spacial score (nSPS) is 16.6. The van der Waals surface area contributed by atoms with Gasteiger partial charge in [-0.2, -0.15) is 0 Å². The first-order valence-electron chi connectivity index (χ1n) is 6.79. The maximum atomic E-state index is 12.5. The Hall–Kier alpha value is -2.08. The molecule has 21 heavy (non-hydrogen) atoms. The number of ether oxygens (including phenoxy) is 1. The molecule has 110 valence electrons. The summed E-state index contributed by atoms with van der Waals surface area (Å²) < 4.78 is 5.79. The van der Waals surface area contributed by atoms with E-state index >= 15 is 0 Å². The van der Waals surface area contributed by atoms with Crippen molar-refractivity contribution in [2.75, 3.05) is 18.9 Å². The maximum absolute atomic E-state index is 12.5. The lowest BCUT2D eigenvalue weighted by Gasteiger charge is -2.29. The fraction of sp³-hybridized carbons (Fsp3) is 0.333. The highest BCUT2D eigenvalue weighted by molar-refractivity contribution is 7.09. The zero-order chi connectivity index (χ0) is 14.8. The molecule has 1 atom stereocenters. The van der Waals surface area contributed by atoms with E-state index in [0.717, 1.165) is 22.1 Å². The molecule has 3 rings (SSSR count). The number of likely N-dealkylation sites (N-methyl/N-ethyl adjacent to an activating group) is 1. The van der Waals surface area contributed by atoms with E-state index in [9.17, 15) is 4.79 Å². The van der Waals surface area contributed by atoms with Crippen molar-refractivity contribution < 1.29 is 9.53 Å². The smallest absolute Gasteiger partial charge is 0.265 e. The van der Waals surface area contributed by atoms with Crippen LogP contribution in [-0.4, -0.2) is 35.5 Å². The van der Waals surface area contributed by atoms with Gasteiger partial charge in [0.05, 0.1) is 29.5 Å². The summed E-state index contributed by atoms with van der Waals surface area (Å²) in [5.74, 6) is 0.683. The Bertz CT molecular complexity index is 656. The predicted molar refractivity (Wildman–Crippen MR) is 82.7 cm³/mol. The minimum Gasteiger partial charge on any atom is -0.477 e. The molecular weight excluding hydrogens is 286 g/mol. The number of benzene rings is 1. The zero-order valence-corrected chi connectivity index (χ0v) is 12.8. The van der Waals surface area contributed by atoms with Crippen LogP contribution in [0.15, 0.2) is 29.6 Å². The third kappa shape index (κ3) is 3.00. The van der Waals surface area contributed by atoms with Gasteiger partial charge in [-0.05, 0) is 19.1 Å². The van der Waals surface area contributed by atoms with Crippen molar-refractivity contribution >= 4 is 22.9 Å². The molecule has 2 aromatic rings. The molecule has 0 bridgehead atoms. The first-order chi connectivity index (χ1) is 10.1. The number of aromatic nitrogens is 1. The summed E-state index contributed by atoms with van der Waals surface area (Å²) >= 11 is 1.59. The van der Waals surface area contributed by atoms with Crippen molar-refractivity contribution in [3.05, 3.63) is 40.3 Å². The second-order valence-electron chi connectivity index (χ2n) is 5.04. The van der Waals surface area contributed by atoms with E-state index in [2.05, 4.69) is 10.3 Å². The van der Waals surface area contributed by atoms with Crippen LogP contribution in [0.2, 0.25) is 0 Å². The number of nitrogens with one attached hydrogen (secondary N) is 1. The molecule has 1 amide bonds. The predicted octanol–water partition coefficient (Wildman–Crippen LogP) is 2.28. The van der Waals surface area contributed by atoms with Crippen molar-refractivity contribution in [2.45, 2.75) is 19.6 Å². The molecule has 0 spiro atoms. The topological polar surface area (TPSA) is 54.5 Å². The van der Waals surface area contributed by atoms with Crippen LogP contribution in [0.1, 0.15) is 10.7 Å². The Morgan fingerprint density at radius 2 is 2.33 bits per heavy atom. The summed E-state index contributed by atoms with van der Waals surface area (Å²) in [5, 5.41) is 6.22. The maximum Gasteiger partial charge on any atom is 0.265 e. The molecule has 6 heteroatoms. The summed E-state index contributed by atoms with van der Waals surface area (Å²) in [6.45, 7) is 2.95. The standard InChI is InChI=1S/C15H17N3O2S/c1-10-17-11(9-21-10)8-18(2)15(19)14-7-16-12-5-3-4-6-13(12)20-14/h3-6,9,14,16H,7-8H2,1-2H3. The summed E-state index contributed by atoms with van der Waals surface area (Å²) in [4.78, 5) is 18.5. The van der Waals surface area contributed by atoms with Crippen molar-refractivity contribution in [1.82, 2.24) is 9.88 Å². The molecule has 0 fully saturated rings. The number of thiazole rings is 1. The average Bonchev–Trinajstić information content (AvgIpc) is 2.91. The molecule has 0 aliphatic carbocycles. The van der Waals surface area contributed by atoms with Gasteiger partial charge < -0.3 is 15.0 Å². The van der Waals surface area contributed by atoms with Crippen LogP contribution >= 0.6 is 11.3 Å². The van der Waals surface area contributed by atoms with E-state index in [-0.39, 0.29) is 5.91 Å². The number of aryl methyl sites for hydroxylation is 1. The lowest BCUT2D eigenvalue weighted by Crippen LogP contribution is -2.45. The van der Waals surface area contributed by atoms with E-state index < -0.39 is 6.10 Å². The third-order valence-corrected chi connectivity index (χ3v) is 4.17. The quantitative estimate of drug-likeness (QED) is 0.945. The van der Waals surface area contributed by atoms with Crippen molar-refractivity contribution in [2.24, 2.45) is 0 Å². The Balaban J connectivity index is 1.66. The van der Waals surface area contributed by atoms with E-state index in [1.807, 2.05) is 36.6 Å². The zero-order valence-electron chi connectivity index (χ0n) is 12.0. The number of carbonyl (C=O) groups excluding carboxylic acids is 1. The molecule has 0 radical (unpaired) electrons. The Kier molecular flexibility index (Phi) is 3.79. The van der Waals surface area contributed by atoms with Gasteiger partial charge in [0.2, 0.25) is 0 Å². The molecule has 0 saturated heterocycles. The van der Waals surface area contributed by atoms with E-state index in [4.69, 9.17) is 4.74 Å². The van der Waals surface area contributed by atoms with E-state index in [1.165, 1.54) is 0 Å². The second kappa shape index (κ2) is 5.73. The summed E-state index contributed by atoms with van der Waals surface area (Å²) in [6, 6.07) is 7.65. The number of para-hydroxylation sites is 2. The summed E-state index contributed by atoms with van der Waals surface area (Å²) in [5.41, 5.74) is 1.84. The number of hydrogen-bond acceptors (Lipinski definition) is 5. The van der Waals surface area contributed by atoms with Crippen LogP contribution in [0.3, 0.4) is 0 Å². The number of rotatable bonds is 3. The highest BCUT2D eigenvalue weighted by atomic mass is 32.1. The lowest BCUT2D eigenvalue weighted by molar-refractivity contribution is -0.137. The molecule has 0 saturated carbocycles. The average molecular weight is 303 g/mol. The highest BCUT2D eigenvalue weighted by Crippen LogP contribution is 2.28. The molecule has 2 heterocycles. The van der Waals surface area contributed by atoms with Gasteiger partial charge in [0.25, 0.3) is 5.91 Å². The molecule has 1 aromatic heterocycles. The molecule has 5 nitrogen and oxygen atoms in total. The fourth-order valence-electron chi connectivity index (χ4n) is 2.30. The van der Waals surface area contributed by atoms with Crippen molar-refractivity contribution in [3.63, 3.8) is 0 Å². The minimum absolute atomic E-state index is 0.0392. The van der Waals surface area contributed by atoms with Gasteiger partial charge in [-0.1, -0.05) is 12.1 Å². The lowest BCUT2D eigenvalue weighted by atomic mass is 10.2. The number of nitrogens with zero attached hydrogens (tertiary/aromatic N) is 2. The van der Waals surface area contributed by atoms with Gasteiger partial charge in [0, 0.05) is 12.4 Å². The van der Waals surface area contributed by atoms with Gasteiger partial charge in [-0.3, -0.25) is 4.79 Å². The second-order valence-corrected chi connectivity index (χ2v) is 6.10. The molecule has 1 aliphatic rings. The van der Waals surface area contributed by atoms with Crippen LogP contribution in [0, 0.1) is 6.92 Å². The van der Waals surface area contributed by atoms with Gasteiger partial charge in [0.1, 0.15) is 5.75 Å². The summed E-state index contributed by atoms with van der Waals surface area (Å²) in [7, 11) is 1.78. The van der Waals surface area contributed by atoms with Gasteiger partial charge in [0.15, 0.2) is 6.10 Å². The Labute approximate surface area is 127 Å². The number of carbonyl (C=O) groups is 1. The summed E-state index contributed by atoms with van der Waals surface area (Å²) in [6.07, 6.45) is -0.496. The first kappa shape index (κ1) is 13.9. The van der Waals surface area contributed by atoms with Crippen molar-refractivity contribution in [3.8, 4) is 5.75 Å². The van der Waals surface area contributed by atoms with E-state index in [1.54, 1.807) is 23.3 Å². The minimum atomic E-state index is -0.496.